The number of aryl methyl sites for hydroxylation is 1. The minimum absolute atomic E-state index is 0.189. The van der Waals surface area contributed by atoms with Crippen LogP contribution in [0.5, 0.6) is 0 Å². The van der Waals surface area contributed by atoms with E-state index in [-0.39, 0.29) is 5.91 Å². The van der Waals surface area contributed by atoms with Crippen molar-refractivity contribution in [1.29, 1.82) is 0 Å². The van der Waals surface area contributed by atoms with Gasteiger partial charge in [-0.05, 0) is 44.6 Å². The Labute approximate surface area is 101 Å². The van der Waals surface area contributed by atoms with Crippen molar-refractivity contribution in [1.82, 2.24) is 5.43 Å². The Morgan fingerprint density at radius 3 is 3.12 bits per heavy atom. The van der Waals surface area contributed by atoms with Crippen LogP contribution in [0.25, 0.3) is 0 Å². The van der Waals surface area contributed by atoms with E-state index in [9.17, 15) is 4.79 Å². The Bertz CT molecular complexity index is 434. The molecule has 1 amide bonds. The molecule has 17 heavy (non-hydrogen) atoms. The minimum atomic E-state index is -0.189. The van der Waals surface area contributed by atoms with E-state index >= 15 is 0 Å². The first-order chi connectivity index (χ1) is 8.22. The van der Waals surface area contributed by atoms with Gasteiger partial charge in [0, 0.05) is 5.71 Å². The molecule has 4 nitrogen and oxygen atoms in total. The molecule has 0 unspecified atom stereocenters. The fourth-order valence-corrected chi connectivity index (χ4v) is 2.29. The Hall–Kier alpha value is -1.58. The van der Waals surface area contributed by atoms with Crippen LogP contribution in [0.1, 0.15) is 48.7 Å². The average Bonchev–Trinajstić information content (AvgIpc) is 2.94. The fraction of sp³-hybridized carbons (Fsp3) is 0.538. The number of carbonyl (C=O) groups is 1. The lowest BCUT2D eigenvalue weighted by Crippen LogP contribution is -2.21. The number of nitrogens with zero attached hydrogens (tertiary/aromatic N) is 1. The molecular formula is C13H18N2O2. The summed E-state index contributed by atoms with van der Waals surface area (Å²) in [6.45, 7) is 3.93. The zero-order valence-corrected chi connectivity index (χ0v) is 10.3. The van der Waals surface area contributed by atoms with Gasteiger partial charge in [0.15, 0.2) is 0 Å². The summed E-state index contributed by atoms with van der Waals surface area (Å²) >= 11 is 0. The molecule has 1 aromatic heterocycles. The molecular weight excluding hydrogens is 216 g/mol. The highest BCUT2D eigenvalue weighted by molar-refractivity contribution is 5.96. The van der Waals surface area contributed by atoms with Gasteiger partial charge in [0.2, 0.25) is 0 Å². The predicted molar refractivity (Wildman–Crippen MR) is 66.0 cm³/mol. The number of hydrogen-bond acceptors (Lipinski definition) is 3. The third-order valence-electron chi connectivity index (χ3n) is 3.35. The molecule has 1 N–H and O–H groups in total. The molecule has 2 rings (SSSR count). The Morgan fingerprint density at radius 2 is 2.47 bits per heavy atom. The molecule has 4 heteroatoms. The Balaban J connectivity index is 2.00. The quantitative estimate of drug-likeness (QED) is 0.817. The number of nitrogens with one attached hydrogen (secondary N) is 1. The third-order valence-corrected chi connectivity index (χ3v) is 3.35. The molecule has 1 aromatic rings. The van der Waals surface area contributed by atoms with Crippen LogP contribution >= 0.6 is 0 Å². The van der Waals surface area contributed by atoms with Crippen LogP contribution < -0.4 is 5.43 Å². The van der Waals surface area contributed by atoms with Crippen LogP contribution in [0.15, 0.2) is 21.8 Å². The monoisotopic (exact) mass is 234 g/mol. The van der Waals surface area contributed by atoms with E-state index in [1.807, 2.05) is 0 Å². The zero-order valence-electron chi connectivity index (χ0n) is 10.3. The van der Waals surface area contributed by atoms with Crippen LogP contribution in [-0.4, -0.2) is 11.6 Å². The number of amides is 1. The van der Waals surface area contributed by atoms with E-state index < -0.39 is 0 Å². The molecule has 1 atom stereocenters. The Kier molecular flexibility index (Phi) is 3.61. The van der Waals surface area contributed by atoms with E-state index in [1.54, 1.807) is 13.0 Å². The van der Waals surface area contributed by atoms with E-state index in [1.165, 1.54) is 19.1 Å². The first-order valence-electron chi connectivity index (χ1n) is 6.13. The summed E-state index contributed by atoms with van der Waals surface area (Å²) in [5, 5.41) is 4.25. The van der Waals surface area contributed by atoms with Gasteiger partial charge < -0.3 is 4.42 Å². The van der Waals surface area contributed by atoms with Gasteiger partial charge in [-0.1, -0.05) is 6.92 Å². The van der Waals surface area contributed by atoms with Crippen molar-refractivity contribution in [3.8, 4) is 0 Å². The van der Waals surface area contributed by atoms with Crippen molar-refractivity contribution in [3.05, 3.63) is 23.7 Å². The van der Waals surface area contributed by atoms with Crippen LogP contribution in [0.2, 0.25) is 0 Å². The fourth-order valence-electron chi connectivity index (χ4n) is 2.29. The van der Waals surface area contributed by atoms with Gasteiger partial charge in [-0.3, -0.25) is 4.79 Å². The Morgan fingerprint density at radius 1 is 1.65 bits per heavy atom. The van der Waals surface area contributed by atoms with Crippen LogP contribution in [0, 0.1) is 12.8 Å². The van der Waals surface area contributed by atoms with Crippen LogP contribution in [0.4, 0.5) is 0 Å². The maximum atomic E-state index is 11.8. The number of furan rings is 1. The summed E-state index contributed by atoms with van der Waals surface area (Å²) in [5.41, 5.74) is 4.30. The van der Waals surface area contributed by atoms with Gasteiger partial charge in [-0.25, -0.2) is 5.43 Å². The second-order valence-corrected chi connectivity index (χ2v) is 4.43. The second-order valence-electron chi connectivity index (χ2n) is 4.43. The highest BCUT2D eigenvalue weighted by Crippen LogP contribution is 2.24. The SMILES string of the molecule is CC[C@H]1CCCC1=NNC(=O)c1ccoc1C. The summed E-state index contributed by atoms with van der Waals surface area (Å²) in [6, 6.07) is 1.66. The van der Waals surface area contributed by atoms with Crippen molar-refractivity contribution in [2.45, 2.75) is 39.5 Å². The summed E-state index contributed by atoms with van der Waals surface area (Å²) in [5.74, 6) is 0.979. The van der Waals surface area contributed by atoms with Crippen molar-refractivity contribution < 1.29 is 9.21 Å². The predicted octanol–water partition coefficient (Wildman–Crippen LogP) is 2.88. The molecule has 0 aromatic carbocycles. The van der Waals surface area contributed by atoms with Gasteiger partial charge in [0.25, 0.3) is 5.91 Å². The van der Waals surface area contributed by atoms with Crippen LogP contribution in [0.3, 0.4) is 0 Å². The molecule has 92 valence electrons. The van der Waals surface area contributed by atoms with E-state index in [2.05, 4.69) is 17.5 Å². The van der Waals surface area contributed by atoms with Crippen molar-refractivity contribution in [2.75, 3.05) is 0 Å². The molecule has 1 heterocycles. The molecule has 1 saturated carbocycles. The molecule has 1 fully saturated rings. The third kappa shape index (κ3) is 2.57. The zero-order chi connectivity index (χ0) is 12.3. The maximum absolute atomic E-state index is 11.8. The average molecular weight is 234 g/mol. The molecule has 0 aliphatic heterocycles. The number of carbonyl (C=O) groups excluding carboxylic acids is 1. The first kappa shape index (κ1) is 11.9. The van der Waals surface area contributed by atoms with E-state index in [4.69, 9.17) is 4.42 Å². The smallest absolute Gasteiger partial charge is 0.274 e. The summed E-state index contributed by atoms with van der Waals surface area (Å²) in [7, 11) is 0. The lowest BCUT2D eigenvalue weighted by molar-refractivity contribution is 0.0953. The summed E-state index contributed by atoms with van der Waals surface area (Å²) in [4.78, 5) is 11.8. The normalized spacial score (nSPS) is 22.0. The van der Waals surface area contributed by atoms with Gasteiger partial charge >= 0.3 is 0 Å². The summed E-state index contributed by atoms with van der Waals surface area (Å²) < 4.78 is 5.09. The molecule has 0 bridgehead atoms. The number of hydrazone groups is 1. The van der Waals surface area contributed by atoms with E-state index in [0.29, 0.717) is 17.2 Å². The molecule has 0 spiro atoms. The molecule has 0 radical (unpaired) electrons. The highest BCUT2D eigenvalue weighted by atomic mass is 16.3. The lowest BCUT2D eigenvalue weighted by atomic mass is 10.0. The maximum Gasteiger partial charge on any atom is 0.274 e. The molecule has 1 aliphatic carbocycles. The van der Waals surface area contributed by atoms with Gasteiger partial charge in [-0.2, -0.15) is 5.10 Å². The topological polar surface area (TPSA) is 54.6 Å². The number of hydrogen-bond donors (Lipinski definition) is 1. The largest absolute Gasteiger partial charge is 0.469 e. The minimum Gasteiger partial charge on any atom is -0.469 e. The van der Waals surface area contributed by atoms with Crippen molar-refractivity contribution in [2.24, 2.45) is 11.0 Å². The first-order valence-corrected chi connectivity index (χ1v) is 6.13. The van der Waals surface area contributed by atoms with Gasteiger partial charge in [0.1, 0.15) is 5.76 Å². The lowest BCUT2D eigenvalue weighted by Gasteiger charge is -2.07. The van der Waals surface area contributed by atoms with Gasteiger partial charge in [0.05, 0.1) is 11.8 Å². The van der Waals surface area contributed by atoms with Crippen molar-refractivity contribution in [3.63, 3.8) is 0 Å². The summed E-state index contributed by atoms with van der Waals surface area (Å²) in [6.07, 6.45) is 5.98. The second kappa shape index (κ2) is 5.17. The highest BCUT2D eigenvalue weighted by Gasteiger charge is 2.21. The van der Waals surface area contributed by atoms with Crippen molar-refractivity contribution >= 4 is 11.6 Å². The standard InChI is InChI=1S/C13H18N2O2/c1-3-10-5-4-6-12(10)14-15-13(16)11-7-8-17-9(11)2/h7-8,10H,3-6H2,1-2H3,(H,15,16)/t10-/m0/s1. The molecule has 0 saturated heterocycles. The molecule has 1 aliphatic rings. The van der Waals surface area contributed by atoms with E-state index in [0.717, 1.165) is 18.6 Å². The van der Waals surface area contributed by atoms with Gasteiger partial charge in [-0.15, -0.1) is 0 Å². The van der Waals surface area contributed by atoms with Crippen LogP contribution in [-0.2, 0) is 0 Å². The number of rotatable bonds is 3.